The monoisotopic (exact) mass is 252 g/mol. The molecule has 0 spiro atoms. The second-order valence-corrected chi connectivity index (χ2v) is 4.68. The summed E-state index contributed by atoms with van der Waals surface area (Å²) in [6, 6.07) is 5.89. The molecule has 1 heterocycles. The van der Waals surface area contributed by atoms with Crippen molar-refractivity contribution in [3.63, 3.8) is 0 Å². The van der Waals surface area contributed by atoms with Crippen LogP contribution in [0.2, 0.25) is 0 Å². The fraction of sp³-hybridized carbons (Fsp3) is 0.643. The first kappa shape index (κ1) is 15.1. The third-order valence-corrected chi connectivity index (χ3v) is 2.65. The Bertz CT molecular complexity index is 317. The van der Waals surface area contributed by atoms with Gasteiger partial charge in [0.05, 0.1) is 24.5 Å². The van der Waals surface area contributed by atoms with Crippen molar-refractivity contribution in [3.8, 4) is 0 Å². The van der Waals surface area contributed by atoms with Crippen LogP contribution in [-0.4, -0.2) is 46.9 Å². The van der Waals surface area contributed by atoms with E-state index in [1.807, 2.05) is 32.0 Å². The van der Waals surface area contributed by atoms with Gasteiger partial charge in [0.1, 0.15) is 0 Å². The second kappa shape index (κ2) is 8.19. The molecule has 0 aliphatic rings. The van der Waals surface area contributed by atoms with E-state index in [0.29, 0.717) is 13.2 Å². The maximum atomic E-state index is 9.89. The number of nitrogens with zero attached hydrogens (tertiary/aromatic N) is 2. The highest BCUT2D eigenvalue weighted by Crippen LogP contribution is 2.03. The number of ether oxygens (including phenoxy) is 1. The molecule has 102 valence electrons. The van der Waals surface area contributed by atoms with Crippen molar-refractivity contribution in [1.29, 1.82) is 0 Å². The standard InChI is InChI=1S/C14H24N2O2/c1-4-16(9-13-7-5-6-8-15-13)10-14(17)11-18-12(2)3/h5-8,12,14,17H,4,9-11H2,1-3H3. The number of pyridine rings is 1. The van der Waals surface area contributed by atoms with E-state index in [2.05, 4.69) is 16.8 Å². The molecule has 4 nitrogen and oxygen atoms in total. The topological polar surface area (TPSA) is 45.6 Å². The van der Waals surface area contributed by atoms with Gasteiger partial charge in [0.15, 0.2) is 0 Å². The van der Waals surface area contributed by atoms with Gasteiger partial charge in [0.2, 0.25) is 0 Å². The summed E-state index contributed by atoms with van der Waals surface area (Å²) < 4.78 is 5.41. The zero-order valence-electron chi connectivity index (χ0n) is 11.5. The summed E-state index contributed by atoms with van der Waals surface area (Å²) in [5.74, 6) is 0. The van der Waals surface area contributed by atoms with Crippen LogP contribution in [0.3, 0.4) is 0 Å². The van der Waals surface area contributed by atoms with E-state index in [1.165, 1.54) is 0 Å². The Hall–Kier alpha value is -0.970. The summed E-state index contributed by atoms with van der Waals surface area (Å²) in [5, 5.41) is 9.89. The first-order chi connectivity index (χ1) is 8.61. The minimum absolute atomic E-state index is 0.158. The number of hydrogen-bond donors (Lipinski definition) is 1. The van der Waals surface area contributed by atoms with Gasteiger partial charge < -0.3 is 9.84 Å². The van der Waals surface area contributed by atoms with Gasteiger partial charge in [-0.3, -0.25) is 9.88 Å². The van der Waals surface area contributed by atoms with Gasteiger partial charge >= 0.3 is 0 Å². The maximum absolute atomic E-state index is 9.89. The lowest BCUT2D eigenvalue weighted by atomic mass is 10.3. The Labute approximate surface area is 110 Å². The Kier molecular flexibility index (Phi) is 6.86. The lowest BCUT2D eigenvalue weighted by molar-refractivity contribution is -0.00898. The zero-order chi connectivity index (χ0) is 13.4. The van der Waals surface area contributed by atoms with Gasteiger partial charge in [-0.05, 0) is 32.5 Å². The Balaban J connectivity index is 2.37. The van der Waals surface area contributed by atoms with E-state index in [9.17, 15) is 5.11 Å². The van der Waals surface area contributed by atoms with Crippen LogP contribution in [0.5, 0.6) is 0 Å². The number of rotatable bonds is 8. The number of aliphatic hydroxyl groups is 1. The summed E-state index contributed by atoms with van der Waals surface area (Å²) in [6.07, 6.45) is 1.50. The highest BCUT2D eigenvalue weighted by Gasteiger charge is 2.12. The predicted molar refractivity (Wildman–Crippen MR) is 72.3 cm³/mol. The van der Waals surface area contributed by atoms with Crippen LogP contribution in [0.15, 0.2) is 24.4 Å². The molecule has 1 aromatic rings. The second-order valence-electron chi connectivity index (χ2n) is 4.68. The highest BCUT2D eigenvalue weighted by molar-refractivity contribution is 5.03. The van der Waals surface area contributed by atoms with Gasteiger partial charge in [-0.15, -0.1) is 0 Å². The molecule has 1 rings (SSSR count). The van der Waals surface area contributed by atoms with E-state index in [0.717, 1.165) is 18.8 Å². The molecular formula is C14H24N2O2. The minimum Gasteiger partial charge on any atom is -0.389 e. The number of likely N-dealkylation sites (N-methyl/N-ethyl adjacent to an activating group) is 1. The van der Waals surface area contributed by atoms with Crippen LogP contribution in [0, 0.1) is 0 Å². The van der Waals surface area contributed by atoms with Crippen molar-refractivity contribution >= 4 is 0 Å². The Morgan fingerprint density at radius 3 is 2.72 bits per heavy atom. The van der Waals surface area contributed by atoms with Gasteiger partial charge in [0, 0.05) is 19.3 Å². The molecule has 0 aliphatic carbocycles. The van der Waals surface area contributed by atoms with E-state index >= 15 is 0 Å². The lowest BCUT2D eigenvalue weighted by Gasteiger charge is -2.23. The molecule has 0 radical (unpaired) electrons. The maximum Gasteiger partial charge on any atom is 0.0900 e. The summed E-state index contributed by atoms with van der Waals surface area (Å²) >= 11 is 0. The largest absolute Gasteiger partial charge is 0.389 e. The van der Waals surface area contributed by atoms with Crippen LogP contribution < -0.4 is 0 Å². The van der Waals surface area contributed by atoms with Crippen molar-refractivity contribution in [2.24, 2.45) is 0 Å². The molecule has 0 saturated heterocycles. The molecule has 1 aromatic heterocycles. The average molecular weight is 252 g/mol. The van der Waals surface area contributed by atoms with Gasteiger partial charge in [0.25, 0.3) is 0 Å². The quantitative estimate of drug-likeness (QED) is 0.765. The van der Waals surface area contributed by atoms with Crippen molar-refractivity contribution in [1.82, 2.24) is 9.88 Å². The van der Waals surface area contributed by atoms with Crippen LogP contribution in [0.25, 0.3) is 0 Å². The van der Waals surface area contributed by atoms with Gasteiger partial charge in [-0.25, -0.2) is 0 Å². The predicted octanol–water partition coefficient (Wildman–Crippen LogP) is 1.69. The summed E-state index contributed by atoms with van der Waals surface area (Å²) in [5.41, 5.74) is 1.02. The first-order valence-electron chi connectivity index (χ1n) is 6.53. The van der Waals surface area contributed by atoms with Crippen molar-refractivity contribution in [3.05, 3.63) is 30.1 Å². The van der Waals surface area contributed by atoms with Gasteiger partial charge in [-0.1, -0.05) is 13.0 Å². The summed E-state index contributed by atoms with van der Waals surface area (Å²) in [7, 11) is 0. The van der Waals surface area contributed by atoms with Crippen LogP contribution in [-0.2, 0) is 11.3 Å². The molecule has 0 bridgehead atoms. The summed E-state index contributed by atoms with van der Waals surface area (Å²) in [4.78, 5) is 6.46. The molecule has 1 N–H and O–H groups in total. The molecule has 0 saturated carbocycles. The van der Waals surface area contributed by atoms with Crippen molar-refractivity contribution in [2.75, 3.05) is 19.7 Å². The molecule has 0 aliphatic heterocycles. The lowest BCUT2D eigenvalue weighted by Crippen LogP contribution is -2.35. The van der Waals surface area contributed by atoms with Crippen LogP contribution >= 0.6 is 0 Å². The minimum atomic E-state index is -0.448. The fourth-order valence-corrected chi connectivity index (χ4v) is 1.68. The van der Waals surface area contributed by atoms with Gasteiger partial charge in [-0.2, -0.15) is 0 Å². The zero-order valence-corrected chi connectivity index (χ0v) is 11.5. The average Bonchev–Trinajstić information content (AvgIpc) is 2.37. The number of aliphatic hydroxyl groups excluding tert-OH is 1. The molecule has 4 heteroatoms. The Morgan fingerprint density at radius 2 is 2.17 bits per heavy atom. The Morgan fingerprint density at radius 1 is 1.39 bits per heavy atom. The molecule has 0 aromatic carbocycles. The summed E-state index contributed by atoms with van der Waals surface area (Å²) in [6.45, 7) is 8.66. The van der Waals surface area contributed by atoms with E-state index < -0.39 is 6.10 Å². The molecule has 0 fully saturated rings. The van der Waals surface area contributed by atoms with E-state index in [-0.39, 0.29) is 6.10 Å². The molecule has 18 heavy (non-hydrogen) atoms. The molecule has 1 atom stereocenters. The van der Waals surface area contributed by atoms with Crippen LogP contribution in [0.1, 0.15) is 26.5 Å². The fourth-order valence-electron chi connectivity index (χ4n) is 1.68. The molecular weight excluding hydrogens is 228 g/mol. The molecule has 1 unspecified atom stereocenters. The normalized spacial score (nSPS) is 13.2. The van der Waals surface area contributed by atoms with Crippen molar-refractivity contribution < 1.29 is 9.84 Å². The molecule has 0 amide bonds. The number of hydrogen-bond acceptors (Lipinski definition) is 4. The highest BCUT2D eigenvalue weighted by atomic mass is 16.5. The smallest absolute Gasteiger partial charge is 0.0900 e. The SMILES string of the molecule is CCN(Cc1ccccn1)CC(O)COC(C)C. The third kappa shape index (κ3) is 6.10. The van der Waals surface area contributed by atoms with Crippen LogP contribution in [0.4, 0.5) is 0 Å². The first-order valence-corrected chi connectivity index (χ1v) is 6.53. The van der Waals surface area contributed by atoms with E-state index in [4.69, 9.17) is 4.74 Å². The third-order valence-electron chi connectivity index (χ3n) is 2.65. The van der Waals surface area contributed by atoms with Crippen molar-refractivity contribution in [2.45, 2.75) is 39.5 Å². The number of aromatic nitrogens is 1. The van der Waals surface area contributed by atoms with E-state index in [1.54, 1.807) is 6.20 Å².